The number of nitrogens with one attached hydrogen (secondary N) is 4. The molecule has 12 aromatic rings. The minimum atomic E-state index is -3.25. The first-order valence-corrected chi connectivity index (χ1v) is 48.8. The maximum absolute atomic E-state index is 13.9. The van der Waals surface area contributed by atoms with Gasteiger partial charge in [-0.25, -0.2) is 42.0 Å². The number of imidazole rings is 4. The summed E-state index contributed by atoms with van der Waals surface area (Å²) in [6.45, 7) is 18.0. The number of aryl methyl sites for hydroxylation is 4. The molecule has 1 atom stereocenters. The smallest absolute Gasteiger partial charge is 0.312 e. The van der Waals surface area contributed by atoms with Gasteiger partial charge in [-0.05, 0) is 256 Å². The average Bonchev–Trinajstić information content (AvgIpc) is 1.64. The molecule has 33 nitrogen and oxygen atoms in total. The Kier molecular flexibility index (Phi) is 28.8. The molecule has 4 aliphatic heterocycles. The molecule has 2 aliphatic carbocycles. The lowest BCUT2D eigenvalue weighted by atomic mass is 9.96. The van der Waals surface area contributed by atoms with Crippen molar-refractivity contribution in [3.63, 3.8) is 0 Å². The maximum Gasteiger partial charge on any atom is 0.312 e. The van der Waals surface area contributed by atoms with Gasteiger partial charge in [0.25, 0.3) is 0 Å². The highest BCUT2D eigenvalue weighted by Crippen LogP contribution is 2.38. The van der Waals surface area contributed by atoms with E-state index in [1.807, 2.05) is 67.4 Å². The monoisotopic (exact) mass is 2230 g/mol. The number of aromatic nitrogens is 16. The number of halogens is 8. The highest BCUT2D eigenvalue weighted by atomic mass is 127. The molecule has 674 valence electrons. The van der Waals surface area contributed by atoms with Crippen LogP contribution < -0.4 is 62.0 Å². The molecule has 0 spiro atoms. The van der Waals surface area contributed by atoms with E-state index in [9.17, 15) is 39.8 Å². The summed E-state index contributed by atoms with van der Waals surface area (Å²) in [4.78, 5) is 72.9. The summed E-state index contributed by atoms with van der Waals surface area (Å²) in [5.74, 6) is 6.73. The van der Waals surface area contributed by atoms with Gasteiger partial charge in [-0.2, -0.15) is 57.4 Å². The number of carbonyl (C=O) groups is 2. The third-order valence-electron chi connectivity index (χ3n) is 22.0. The van der Waals surface area contributed by atoms with E-state index in [-0.39, 0.29) is 57.5 Å². The molecule has 0 bridgehead atoms. The van der Waals surface area contributed by atoms with E-state index >= 15 is 0 Å². The van der Waals surface area contributed by atoms with Crippen LogP contribution >= 0.6 is 90.4 Å². The van der Waals surface area contributed by atoms with Crippen molar-refractivity contribution in [3.8, 4) is 23.0 Å². The molecular formula is C84H96F4I4N24O9S2. The van der Waals surface area contributed by atoms with Crippen molar-refractivity contribution in [2.75, 3.05) is 75.5 Å². The summed E-state index contributed by atoms with van der Waals surface area (Å²) in [5.41, 5.74) is 35.2. The quantitative estimate of drug-likeness (QED) is 0.00977. The largest absolute Gasteiger partial charge is 0.493 e. The van der Waals surface area contributed by atoms with Crippen LogP contribution in [0.1, 0.15) is 161 Å². The van der Waals surface area contributed by atoms with E-state index in [2.05, 4.69) is 207 Å². The van der Waals surface area contributed by atoms with Crippen LogP contribution in [0.2, 0.25) is 0 Å². The van der Waals surface area contributed by atoms with Gasteiger partial charge in [0.1, 0.15) is 46.3 Å². The number of sulfonamides is 1. The Labute approximate surface area is 786 Å². The van der Waals surface area contributed by atoms with Crippen LogP contribution in [0.25, 0.3) is 44.7 Å². The second-order valence-electron chi connectivity index (χ2n) is 33.6. The number of fused-ring (bicyclic) bond motifs is 8. The topological polar surface area (TPSA) is 449 Å². The minimum Gasteiger partial charge on any atom is -0.493 e. The molecule has 12 heterocycles. The Bertz CT molecular complexity index is 6190. The van der Waals surface area contributed by atoms with Gasteiger partial charge in [0.15, 0.2) is 67.9 Å². The number of anilines is 4. The molecule has 0 radical (unpaired) electrons. The number of amides is 2. The van der Waals surface area contributed by atoms with E-state index in [0.29, 0.717) is 193 Å². The van der Waals surface area contributed by atoms with Gasteiger partial charge in [0.2, 0.25) is 21.8 Å². The van der Waals surface area contributed by atoms with Crippen LogP contribution in [-0.2, 0) is 108 Å². The summed E-state index contributed by atoms with van der Waals surface area (Å²) < 4.78 is 132. The van der Waals surface area contributed by atoms with Crippen molar-refractivity contribution in [1.82, 2.24) is 98.2 Å². The normalized spacial score (nSPS) is 14.7. The molecule has 12 N–H and O–H groups in total. The lowest BCUT2D eigenvalue weighted by Crippen LogP contribution is -2.35. The van der Waals surface area contributed by atoms with Gasteiger partial charge in [0, 0.05) is 129 Å². The zero-order chi connectivity index (χ0) is 90.1. The second-order valence-corrected chi connectivity index (χ2v) is 42.4. The van der Waals surface area contributed by atoms with Crippen LogP contribution in [0.3, 0.4) is 0 Å². The standard InChI is InChI=1S/C22H26FIN6O2.C21H26FIN6O2S.C21H22FIN6O2.C20H22FIN6O3S/c1-22(2,3)20(31)26-6-4-7-30-16(27-17-18(25)28-21(23)29-19(17)30)11-13-10-15-12(5-8-32-15)9-14(13)24;1-21(2,3)32(30)25-6-4-7-29-16(26-17-18(24)27-20(22)28-19(17)29)11-13-10-15-12(5-8-31-15)9-14(13)23;22-21-27-18(24)17-19(28-21)29(6-1-5-25-20(30)11-2-3-11)16(26-17)10-13-9-15-12(4-7-31-15)8-14(13)23;21-20-26-18(23)17-19(27-20)28(6-1-5-24-32(29,30)13-2-3-13)16(25-17)10-12-9-15-11(4-7-31-15)8-14(12)22/h9-10H,4-8,11H2,1-3H3,(H,26,31)(H2,25,28,29);9-10,25H,4-8,11H2,1-3H3,(H2,24,27,28);8-9,11H,1-7,10H2,(H,25,30)(H2,24,27,28);8-9,13,24H,1-7,10H2,(H2,23,26,27). The molecule has 127 heavy (non-hydrogen) atoms. The molecule has 18 rings (SSSR count). The van der Waals surface area contributed by atoms with E-state index in [1.54, 1.807) is 4.57 Å². The van der Waals surface area contributed by atoms with Crippen LogP contribution in [0.5, 0.6) is 23.0 Å². The van der Waals surface area contributed by atoms with Crippen LogP contribution in [0, 0.1) is 49.9 Å². The third-order valence-corrected chi connectivity index (χ3v) is 29.6. The van der Waals surface area contributed by atoms with E-state index in [4.69, 9.17) is 41.9 Å². The van der Waals surface area contributed by atoms with Crippen molar-refractivity contribution in [3.05, 3.63) is 155 Å². The lowest BCUT2D eigenvalue weighted by Gasteiger charge is -2.18. The molecular weight excluding hydrogens is 2140 g/mol. The summed E-state index contributed by atoms with van der Waals surface area (Å²) in [6.07, 6.45) is 7.96. The Morgan fingerprint density at radius 3 is 1.03 bits per heavy atom. The van der Waals surface area contributed by atoms with Crippen LogP contribution in [0.4, 0.5) is 40.8 Å². The van der Waals surface area contributed by atoms with Gasteiger partial charge in [-0.15, -0.1) is 0 Å². The fourth-order valence-electron chi connectivity index (χ4n) is 15.0. The predicted molar refractivity (Wildman–Crippen MR) is 506 cm³/mol. The molecule has 43 heteroatoms. The zero-order valence-electron chi connectivity index (χ0n) is 70.6. The fraction of sp³-hybridized carbons (Fsp3) is 0.452. The number of rotatable bonds is 28. The summed E-state index contributed by atoms with van der Waals surface area (Å²) in [5, 5.41) is 5.64. The van der Waals surface area contributed by atoms with Crippen LogP contribution in [-0.4, -0.2) is 165 Å². The van der Waals surface area contributed by atoms with E-state index < -0.39 is 50.7 Å². The molecule has 1 unspecified atom stereocenters. The van der Waals surface area contributed by atoms with Gasteiger partial charge < -0.3 is 70.8 Å². The lowest BCUT2D eigenvalue weighted by molar-refractivity contribution is -0.128. The number of hydrogen-bond acceptors (Lipinski definition) is 25. The molecule has 8 aromatic heterocycles. The number of nitrogens with two attached hydrogens (primary N) is 4. The maximum atomic E-state index is 13.9. The minimum absolute atomic E-state index is 0.0144. The third kappa shape index (κ3) is 22.2. The van der Waals surface area contributed by atoms with Crippen molar-refractivity contribution < 1.29 is 58.7 Å². The first-order chi connectivity index (χ1) is 60.6. The Morgan fingerprint density at radius 2 is 0.740 bits per heavy atom. The van der Waals surface area contributed by atoms with Gasteiger partial charge >= 0.3 is 24.3 Å². The number of hydrogen-bond donors (Lipinski definition) is 8. The van der Waals surface area contributed by atoms with Crippen molar-refractivity contribution in [2.24, 2.45) is 11.3 Å². The second kappa shape index (κ2) is 39.4. The molecule has 2 amide bonds. The number of carbonyl (C=O) groups excluding carboxylic acids is 2. The van der Waals surface area contributed by atoms with Gasteiger partial charge in [-0.1, -0.05) is 20.8 Å². The first-order valence-electron chi connectivity index (χ1n) is 41.8. The fourth-order valence-corrected chi connectivity index (χ4v) is 20.1. The number of benzene rings is 4. The molecule has 0 saturated heterocycles. The highest BCUT2D eigenvalue weighted by Gasteiger charge is 2.36. The predicted octanol–water partition coefficient (Wildman–Crippen LogP) is 11.1. The van der Waals surface area contributed by atoms with Crippen molar-refractivity contribution in [2.45, 2.75) is 180 Å². The first kappa shape index (κ1) is 92.8. The van der Waals surface area contributed by atoms with Crippen molar-refractivity contribution >= 4 is 191 Å². The van der Waals surface area contributed by atoms with E-state index in [1.165, 1.54) is 22.3 Å². The molecule has 6 aliphatic rings. The Hall–Kier alpha value is -8.92. The Balaban J connectivity index is 0.000000130. The molecule has 2 fully saturated rings. The van der Waals surface area contributed by atoms with Gasteiger partial charge in [-0.3, -0.25) is 9.59 Å². The summed E-state index contributed by atoms with van der Waals surface area (Å²) in [6, 6.07) is 16.7. The SMILES string of the molecule is CC(C)(C)C(=O)NCCCn1c(Cc2cc3c(cc2I)CCO3)nc2c(N)nc(F)nc21.CC(C)(C)S(=O)NCCCn1c(Cc2cc3c(cc2I)CCO3)nc2c(N)nc(F)nc21.Nc1nc(F)nc2c1nc(Cc1cc3c(cc1I)CCO3)n2CCCNC(=O)C1CC1.Nc1nc(F)nc2c1nc(Cc1cc3c(cc1I)CCO3)n2CCCNS(=O)(=O)C1CC1. The highest BCUT2D eigenvalue weighted by molar-refractivity contribution is 14.1. The summed E-state index contributed by atoms with van der Waals surface area (Å²) >= 11 is 9.26. The molecule has 4 aromatic carbocycles. The summed E-state index contributed by atoms with van der Waals surface area (Å²) in [7, 11) is -4.41. The van der Waals surface area contributed by atoms with Crippen LogP contribution in [0.15, 0.2) is 48.5 Å². The number of nitrogens with zero attached hydrogens (tertiary/aromatic N) is 16. The zero-order valence-corrected chi connectivity index (χ0v) is 80.8. The van der Waals surface area contributed by atoms with Crippen molar-refractivity contribution in [1.29, 1.82) is 0 Å². The average molecular weight is 2230 g/mol. The van der Waals surface area contributed by atoms with E-state index in [0.717, 1.165) is 110 Å². The Morgan fingerprint density at radius 1 is 0.441 bits per heavy atom. The number of nitrogen functional groups attached to an aromatic ring is 4. The van der Waals surface area contributed by atoms with Gasteiger partial charge in [0.05, 0.1) is 47.4 Å². The molecule has 2 saturated carbocycles. The number of ether oxygens (including phenoxy) is 4.